The number of hydrogen-bond donors (Lipinski definition) is 0. The van der Waals surface area contributed by atoms with E-state index in [0.717, 1.165) is 20.9 Å². The lowest BCUT2D eigenvalue weighted by Crippen LogP contribution is -2.30. The summed E-state index contributed by atoms with van der Waals surface area (Å²) in [6, 6.07) is 11.9. The van der Waals surface area contributed by atoms with Crippen molar-refractivity contribution in [1.29, 1.82) is 0 Å². The van der Waals surface area contributed by atoms with E-state index in [1.807, 2.05) is 35.7 Å². The van der Waals surface area contributed by atoms with Crippen molar-refractivity contribution in [2.24, 2.45) is 0 Å². The average Bonchev–Trinajstić information content (AvgIpc) is 3.11. The standard InChI is InChI=1S/C20H28BrNO3S2/c1-22(20(23)24-12-14-27(2,3)4)11-10-18(19-9-6-13-26-19)25-17-8-5-7-16(21)15-17/h5-9,13,15,18H,10-12,14H2,1-4H3/t18-/m0/s1. The molecule has 1 aromatic heterocycles. The molecule has 1 amide bonds. The van der Waals surface area contributed by atoms with Crippen LogP contribution in [0.15, 0.2) is 46.3 Å². The first kappa shape index (κ1) is 22.1. The second-order valence-electron chi connectivity index (χ2n) is 7.20. The summed E-state index contributed by atoms with van der Waals surface area (Å²) in [5.74, 6) is 1.73. The lowest BCUT2D eigenvalue weighted by atomic mass is 10.2. The molecule has 2 rings (SSSR count). The molecule has 0 N–H and O–H groups in total. The maximum atomic E-state index is 12.2. The van der Waals surface area contributed by atoms with E-state index in [2.05, 4.69) is 40.8 Å². The van der Waals surface area contributed by atoms with Gasteiger partial charge in [0.1, 0.15) is 18.5 Å². The molecule has 0 saturated carbocycles. The van der Waals surface area contributed by atoms with Gasteiger partial charge in [0, 0.05) is 35.1 Å². The summed E-state index contributed by atoms with van der Waals surface area (Å²) in [6.07, 6.45) is 6.98. The van der Waals surface area contributed by atoms with Gasteiger partial charge in [-0.1, -0.05) is 28.1 Å². The van der Waals surface area contributed by atoms with E-state index in [9.17, 15) is 4.79 Å². The largest absolute Gasteiger partial charge is 0.485 e. The molecule has 0 spiro atoms. The Labute approximate surface area is 176 Å². The number of ether oxygens (including phenoxy) is 2. The Morgan fingerprint density at radius 1 is 1.26 bits per heavy atom. The molecule has 1 atom stereocenters. The van der Waals surface area contributed by atoms with Crippen LogP contribution in [0.25, 0.3) is 0 Å². The number of nitrogens with zero attached hydrogens (tertiary/aromatic N) is 1. The van der Waals surface area contributed by atoms with E-state index >= 15 is 0 Å². The van der Waals surface area contributed by atoms with Crippen LogP contribution in [0, 0.1) is 0 Å². The van der Waals surface area contributed by atoms with E-state index in [1.165, 1.54) is 0 Å². The van der Waals surface area contributed by atoms with E-state index in [4.69, 9.17) is 9.47 Å². The summed E-state index contributed by atoms with van der Waals surface area (Å²) in [5.41, 5.74) is 0. The van der Waals surface area contributed by atoms with E-state index in [0.29, 0.717) is 19.6 Å². The molecule has 150 valence electrons. The molecule has 0 unspecified atom stereocenters. The monoisotopic (exact) mass is 473 g/mol. The third-order valence-corrected chi connectivity index (χ3v) is 6.74. The van der Waals surface area contributed by atoms with Gasteiger partial charge >= 0.3 is 6.09 Å². The molecule has 27 heavy (non-hydrogen) atoms. The molecule has 7 heteroatoms. The lowest BCUT2D eigenvalue weighted by molar-refractivity contribution is 0.109. The first-order valence-electron chi connectivity index (χ1n) is 8.74. The second kappa shape index (κ2) is 10.4. The zero-order valence-electron chi connectivity index (χ0n) is 16.3. The van der Waals surface area contributed by atoms with Crippen LogP contribution in [0.3, 0.4) is 0 Å². The highest BCUT2D eigenvalue weighted by atomic mass is 79.9. The van der Waals surface area contributed by atoms with Crippen LogP contribution < -0.4 is 4.74 Å². The van der Waals surface area contributed by atoms with Gasteiger partial charge in [0.15, 0.2) is 0 Å². The maximum absolute atomic E-state index is 12.2. The molecule has 1 aromatic carbocycles. The smallest absolute Gasteiger partial charge is 0.409 e. The second-order valence-corrected chi connectivity index (χ2v) is 13.7. The third-order valence-electron chi connectivity index (χ3n) is 3.89. The first-order valence-corrected chi connectivity index (χ1v) is 13.4. The molecule has 1 heterocycles. The minimum absolute atomic E-state index is 0.103. The highest BCUT2D eigenvalue weighted by Gasteiger charge is 2.18. The molecule has 0 aliphatic heterocycles. The summed E-state index contributed by atoms with van der Waals surface area (Å²) < 4.78 is 12.6. The number of carbonyl (C=O) groups is 1. The Kier molecular flexibility index (Phi) is 8.51. The lowest BCUT2D eigenvalue weighted by Gasteiger charge is -2.26. The van der Waals surface area contributed by atoms with Gasteiger partial charge in [0.05, 0.1) is 0 Å². The van der Waals surface area contributed by atoms with Gasteiger partial charge in [0.25, 0.3) is 0 Å². The van der Waals surface area contributed by atoms with Crippen molar-refractivity contribution < 1.29 is 14.3 Å². The third kappa shape index (κ3) is 8.15. The van der Waals surface area contributed by atoms with Crippen LogP contribution in [0.2, 0.25) is 0 Å². The zero-order chi connectivity index (χ0) is 19.9. The van der Waals surface area contributed by atoms with Crippen molar-refractivity contribution in [2.45, 2.75) is 12.5 Å². The van der Waals surface area contributed by atoms with Crippen LogP contribution >= 0.6 is 37.3 Å². The summed E-state index contributed by atoms with van der Waals surface area (Å²) in [5, 5.41) is 2.04. The van der Waals surface area contributed by atoms with Crippen molar-refractivity contribution in [3.63, 3.8) is 0 Å². The number of halogens is 1. The van der Waals surface area contributed by atoms with Crippen LogP contribution in [-0.2, 0) is 4.74 Å². The van der Waals surface area contributed by atoms with Gasteiger partial charge in [-0.3, -0.25) is 0 Å². The van der Waals surface area contributed by atoms with E-state index in [-0.39, 0.29) is 12.2 Å². The normalized spacial score (nSPS) is 13.1. The quantitative estimate of drug-likeness (QED) is 0.462. The summed E-state index contributed by atoms with van der Waals surface area (Å²) >= 11 is 5.14. The highest BCUT2D eigenvalue weighted by Crippen LogP contribution is 2.33. The Morgan fingerprint density at radius 3 is 2.67 bits per heavy atom. The number of hydrogen-bond acceptors (Lipinski definition) is 4. The first-order chi connectivity index (χ1) is 12.7. The predicted molar refractivity (Wildman–Crippen MR) is 121 cm³/mol. The van der Waals surface area contributed by atoms with Gasteiger partial charge < -0.3 is 14.4 Å². The minimum atomic E-state index is -0.657. The summed E-state index contributed by atoms with van der Waals surface area (Å²) in [4.78, 5) is 15.0. The van der Waals surface area contributed by atoms with Crippen molar-refractivity contribution in [2.75, 3.05) is 44.7 Å². The number of carbonyl (C=O) groups excluding carboxylic acids is 1. The SMILES string of the molecule is CN(CC[C@H](Oc1cccc(Br)c1)c1cccs1)C(=O)OCCS(C)(C)C. The minimum Gasteiger partial charge on any atom is -0.485 e. The topological polar surface area (TPSA) is 38.8 Å². The van der Waals surface area contributed by atoms with Gasteiger partial charge in [-0.25, -0.2) is 14.8 Å². The number of rotatable bonds is 9. The fourth-order valence-corrected chi connectivity index (χ4v) is 4.08. The van der Waals surface area contributed by atoms with Crippen molar-refractivity contribution in [1.82, 2.24) is 4.90 Å². The van der Waals surface area contributed by atoms with Crippen LogP contribution in [0.1, 0.15) is 17.4 Å². The molecule has 0 radical (unpaired) electrons. The fraction of sp³-hybridized carbons (Fsp3) is 0.450. The summed E-state index contributed by atoms with van der Waals surface area (Å²) in [6.45, 7) is 1.04. The molecule has 0 aliphatic carbocycles. The average molecular weight is 474 g/mol. The molecule has 0 bridgehead atoms. The molecule has 2 aromatic rings. The van der Waals surface area contributed by atoms with Crippen LogP contribution in [0.5, 0.6) is 5.75 Å². The maximum Gasteiger partial charge on any atom is 0.409 e. The van der Waals surface area contributed by atoms with Crippen molar-refractivity contribution >= 4 is 43.4 Å². The van der Waals surface area contributed by atoms with Gasteiger partial charge in [-0.2, -0.15) is 0 Å². The molecule has 0 aliphatic rings. The predicted octanol–water partition coefficient (Wildman–Crippen LogP) is 5.78. The Bertz CT molecular complexity index is 716. The van der Waals surface area contributed by atoms with E-state index in [1.54, 1.807) is 23.3 Å². The molecular weight excluding hydrogens is 446 g/mol. The van der Waals surface area contributed by atoms with Crippen LogP contribution in [-0.4, -0.2) is 55.7 Å². The van der Waals surface area contributed by atoms with Gasteiger partial charge in [-0.05, 0) is 48.4 Å². The molecule has 0 fully saturated rings. The number of thiophene rings is 1. The zero-order valence-corrected chi connectivity index (χ0v) is 19.5. The number of amides is 1. The van der Waals surface area contributed by atoms with Crippen molar-refractivity contribution in [3.05, 3.63) is 51.1 Å². The number of benzene rings is 1. The highest BCUT2D eigenvalue weighted by molar-refractivity contribution is 9.10. The fourth-order valence-electron chi connectivity index (χ4n) is 2.33. The Hall–Kier alpha value is -1.18. The molecule has 0 saturated heterocycles. The van der Waals surface area contributed by atoms with Crippen LogP contribution in [0.4, 0.5) is 4.79 Å². The van der Waals surface area contributed by atoms with Gasteiger partial charge in [-0.15, -0.1) is 11.3 Å². The Morgan fingerprint density at radius 2 is 2.04 bits per heavy atom. The van der Waals surface area contributed by atoms with E-state index < -0.39 is 10.0 Å². The molecular formula is C20H28BrNO3S2. The summed E-state index contributed by atoms with van der Waals surface area (Å²) in [7, 11) is 1.12. The van der Waals surface area contributed by atoms with Crippen molar-refractivity contribution in [3.8, 4) is 5.75 Å². The van der Waals surface area contributed by atoms with Gasteiger partial charge in [0.2, 0.25) is 0 Å². The Balaban J connectivity index is 1.90. The molecule has 4 nitrogen and oxygen atoms in total.